The van der Waals surface area contributed by atoms with E-state index >= 15 is 0 Å². The quantitative estimate of drug-likeness (QED) is 0.0881. The van der Waals surface area contributed by atoms with Crippen LogP contribution in [0.4, 0.5) is 4.39 Å². The first kappa shape index (κ1) is 26.4. The maximum absolute atomic E-state index is 14.2. The fraction of sp³-hybridized carbons (Fsp3) is 0.409. The van der Waals surface area contributed by atoms with E-state index in [0.717, 1.165) is 22.3 Å². The highest BCUT2D eigenvalue weighted by Gasteiger charge is 2.37. The Morgan fingerprint density at radius 2 is 1.94 bits per heavy atom. The number of benzene rings is 1. The monoisotopic (exact) mass is 481 g/mol. The molecule has 2 rings (SSSR count). The van der Waals surface area contributed by atoms with Crippen LogP contribution in [0, 0.1) is 16.6 Å². The number of aliphatic carboxylic acids is 1. The summed E-state index contributed by atoms with van der Waals surface area (Å²) in [6, 6.07) is 5.52. The van der Waals surface area contributed by atoms with Crippen molar-refractivity contribution in [2.24, 2.45) is 11.1 Å². The second-order valence-electron chi connectivity index (χ2n) is 7.60. The van der Waals surface area contributed by atoms with Crippen molar-refractivity contribution in [2.45, 2.75) is 45.4 Å². The van der Waals surface area contributed by atoms with Crippen molar-refractivity contribution in [2.75, 3.05) is 6.61 Å². The van der Waals surface area contributed by atoms with Crippen molar-refractivity contribution in [3.05, 3.63) is 51.5 Å². The van der Waals surface area contributed by atoms with Crippen molar-refractivity contribution in [1.82, 2.24) is 5.32 Å². The molecule has 0 saturated carbocycles. The zero-order chi connectivity index (χ0) is 24.8. The Balaban J connectivity index is 2.16. The van der Waals surface area contributed by atoms with Crippen LogP contribution in [0.1, 0.15) is 46.8 Å². The van der Waals surface area contributed by atoms with Gasteiger partial charge in [-0.1, -0.05) is 13.8 Å². The molecule has 7 N–H and O–H groups in total. The molecule has 2 atom stereocenters. The molecule has 33 heavy (non-hydrogen) atoms. The number of hydrogen-bond donors (Lipinski definition) is 6. The molecule has 1 heterocycles. The SMILES string of the molecule is CCC(CC)(Cc1ccc(C(=O)Oc2ccc(C(=N)N)cc2F)s1)C(O)N[C@@H](CO)C(=O)O. The zero-order valence-corrected chi connectivity index (χ0v) is 19.1. The number of carboxylic acids is 1. The fourth-order valence-electron chi connectivity index (χ4n) is 3.38. The first-order chi connectivity index (χ1) is 15.6. The summed E-state index contributed by atoms with van der Waals surface area (Å²) in [5.74, 6) is -3.46. The topological polar surface area (TPSA) is 166 Å². The third-order valence-electron chi connectivity index (χ3n) is 5.66. The average molecular weight is 482 g/mol. The lowest BCUT2D eigenvalue weighted by atomic mass is 9.76. The molecule has 0 radical (unpaired) electrons. The van der Waals surface area contributed by atoms with Gasteiger partial charge >= 0.3 is 11.9 Å². The summed E-state index contributed by atoms with van der Waals surface area (Å²) in [4.78, 5) is 24.7. The van der Waals surface area contributed by atoms with Gasteiger partial charge in [-0.2, -0.15) is 0 Å². The standard InChI is InChI=1S/C22H28FN3O6S/c1-3-22(4-2,21(31)26-15(11-27)19(28)29)10-13-6-8-17(33-13)20(30)32-16-7-5-12(18(24)25)9-14(16)23/h5-9,15,21,26-27,31H,3-4,10-11H2,1-2H3,(H3,24,25)(H,28,29)/t15-,21?/m0/s1. The summed E-state index contributed by atoms with van der Waals surface area (Å²) in [7, 11) is 0. The van der Waals surface area contributed by atoms with Gasteiger partial charge in [0.1, 0.15) is 23.0 Å². The van der Waals surface area contributed by atoms with E-state index < -0.39 is 42.0 Å². The zero-order valence-electron chi connectivity index (χ0n) is 18.3. The minimum absolute atomic E-state index is 0.166. The number of hydrogen-bond acceptors (Lipinski definition) is 8. The molecule has 1 unspecified atom stereocenters. The smallest absolute Gasteiger partial charge is 0.353 e. The summed E-state index contributed by atoms with van der Waals surface area (Å²) in [5.41, 5.74) is 4.74. The van der Waals surface area contributed by atoms with Crippen molar-refractivity contribution < 1.29 is 34.0 Å². The number of carboxylic acid groups (broad SMARTS) is 1. The van der Waals surface area contributed by atoms with Crippen molar-refractivity contribution in [1.29, 1.82) is 5.41 Å². The molecule has 0 fully saturated rings. The lowest BCUT2D eigenvalue weighted by Crippen LogP contribution is -2.53. The van der Waals surface area contributed by atoms with Crippen LogP contribution in [0.25, 0.3) is 0 Å². The number of aliphatic hydroxyl groups excluding tert-OH is 2. The number of halogens is 1. The summed E-state index contributed by atoms with van der Waals surface area (Å²) in [5, 5.41) is 39.0. The van der Waals surface area contributed by atoms with Crippen LogP contribution in [-0.4, -0.2) is 52.0 Å². The van der Waals surface area contributed by atoms with E-state index in [9.17, 15) is 24.2 Å². The molecule has 0 aliphatic carbocycles. The number of aliphatic hydroxyl groups is 2. The van der Waals surface area contributed by atoms with E-state index in [4.69, 9.17) is 21.0 Å². The van der Waals surface area contributed by atoms with Gasteiger partial charge in [-0.05, 0) is 49.6 Å². The number of nitrogens with two attached hydrogens (primary N) is 1. The van der Waals surface area contributed by atoms with Crippen molar-refractivity contribution in [3.63, 3.8) is 0 Å². The molecule has 0 spiro atoms. The number of carbonyl (C=O) groups excluding carboxylic acids is 1. The van der Waals surface area contributed by atoms with Gasteiger partial charge in [-0.25, -0.2) is 9.18 Å². The molecule has 0 amide bonds. The van der Waals surface area contributed by atoms with E-state index in [1.165, 1.54) is 18.2 Å². The second-order valence-corrected chi connectivity index (χ2v) is 8.77. The first-order valence-electron chi connectivity index (χ1n) is 10.3. The molecule has 1 aromatic heterocycles. The fourth-order valence-corrected chi connectivity index (χ4v) is 4.42. The van der Waals surface area contributed by atoms with Crippen LogP contribution in [0.2, 0.25) is 0 Å². The Bertz CT molecular complexity index is 1010. The Morgan fingerprint density at radius 1 is 1.27 bits per heavy atom. The number of nitrogen functional groups attached to an aromatic ring is 1. The summed E-state index contributed by atoms with van der Waals surface area (Å²) in [6.07, 6.45) is 0.125. The number of nitrogens with one attached hydrogen (secondary N) is 2. The first-order valence-corrected chi connectivity index (χ1v) is 11.1. The summed E-state index contributed by atoms with van der Waals surface area (Å²) in [6.45, 7) is 3.05. The van der Waals surface area contributed by atoms with Crippen LogP contribution in [0.5, 0.6) is 5.75 Å². The largest absolute Gasteiger partial charge is 0.480 e. The van der Waals surface area contributed by atoms with Crippen LogP contribution < -0.4 is 15.8 Å². The molecule has 9 nitrogen and oxygen atoms in total. The van der Waals surface area contributed by atoms with E-state index in [1.54, 1.807) is 6.07 Å². The highest BCUT2D eigenvalue weighted by molar-refractivity contribution is 7.13. The molecule has 0 aliphatic heterocycles. The van der Waals surface area contributed by atoms with E-state index in [1.807, 2.05) is 13.8 Å². The predicted molar refractivity (Wildman–Crippen MR) is 121 cm³/mol. The lowest BCUT2D eigenvalue weighted by Gasteiger charge is -2.38. The number of amidine groups is 1. The lowest BCUT2D eigenvalue weighted by molar-refractivity contribution is -0.143. The molecule has 0 aliphatic rings. The molecular formula is C22H28FN3O6S. The molecule has 1 aromatic carbocycles. The second kappa shape index (κ2) is 11.3. The average Bonchev–Trinajstić information content (AvgIpc) is 3.25. The van der Waals surface area contributed by atoms with E-state index in [2.05, 4.69) is 5.32 Å². The Labute approximate surface area is 194 Å². The van der Waals surface area contributed by atoms with E-state index in [-0.39, 0.29) is 22.0 Å². The predicted octanol–water partition coefficient (Wildman–Crippen LogP) is 2.09. The van der Waals surface area contributed by atoms with Gasteiger partial charge in [0.25, 0.3) is 0 Å². The normalized spacial score (nSPS) is 13.4. The molecule has 0 bridgehead atoms. The Morgan fingerprint density at radius 3 is 2.45 bits per heavy atom. The third kappa shape index (κ3) is 6.35. The third-order valence-corrected chi connectivity index (χ3v) is 6.73. The summed E-state index contributed by atoms with van der Waals surface area (Å²) >= 11 is 1.12. The number of esters is 1. The van der Waals surface area contributed by atoms with Gasteiger partial charge in [0.2, 0.25) is 0 Å². The highest BCUT2D eigenvalue weighted by Crippen LogP contribution is 2.36. The Kier molecular flexibility index (Phi) is 9.06. The number of thiophene rings is 1. The molecule has 0 saturated heterocycles. The minimum Gasteiger partial charge on any atom is -0.480 e. The van der Waals surface area contributed by atoms with Gasteiger partial charge in [0.05, 0.1) is 6.61 Å². The van der Waals surface area contributed by atoms with Gasteiger partial charge in [-0.3, -0.25) is 15.5 Å². The molecule has 11 heteroatoms. The maximum Gasteiger partial charge on any atom is 0.353 e. The van der Waals surface area contributed by atoms with Crippen molar-refractivity contribution in [3.8, 4) is 5.75 Å². The van der Waals surface area contributed by atoms with Crippen molar-refractivity contribution >= 4 is 29.1 Å². The van der Waals surface area contributed by atoms with Gasteiger partial charge in [0.15, 0.2) is 11.6 Å². The highest BCUT2D eigenvalue weighted by atomic mass is 32.1. The molecule has 2 aromatic rings. The van der Waals surface area contributed by atoms with Crippen LogP contribution in [0.3, 0.4) is 0 Å². The van der Waals surface area contributed by atoms with Gasteiger partial charge in [-0.15, -0.1) is 11.3 Å². The van der Waals surface area contributed by atoms with Crippen LogP contribution in [0.15, 0.2) is 30.3 Å². The molecular weight excluding hydrogens is 453 g/mol. The number of rotatable bonds is 12. The number of carbonyl (C=O) groups is 2. The van der Waals surface area contributed by atoms with Gasteiger partial charge in [0, 0.05) is 15.9 Å². The summed E-state index contributed by atoms with van der Waals surface area (Å²) < 4.78 is 19.3. The Hall–Kier alpha value is -2.86. The van der Waals surface area contributed by atoms with E-state index in [0.29, 0.717) is 19.3 Å². The van der Waals surface area contributed by atoms with Crippen LogP contribution in [-0.2, 0) is 11.2 Å². The van der Waals surface area contributed by atoms with Gasteiger partial charge < -0.3 is 25.8 Å². The number of ether oxygens (including phenoxy) is 1. The van der Waals surface area contributed by atoms with Crippen LogP contribution >= 0.6 is 11.3 Å². The minimum atomic E-state index is -1.31. The molecule has 180 valence electrons. The maximum atomic E-state index is 14.2.